The molecule has 1 fully saturated rings. The second kappa shape index (κ2) is 4.78. The van der Waals surface area contributed by atoms with Crippen molar-refractivity contribution < 1.29 is 13.2 Å². The van der Waals surface area contributed by atoms with Crippen LogP contribution in [0.1, 0.15) is 19.8 Å². The molecule has 0 aromatic rings. The van der Waals surface area contributed by atoms with Crippen LogP contribution in [0.4, 0.5) is 0 Å². The van der Waals surface area contributed by atoms with Crippen LogP contribution in [-0.4, -0.2) is 50.8 Å². The predicted molar refractivity (Wildman–Crippen MR) is 59.1 cm³/mol. The number of nitrogens with two attached hydrogens (primary N) is 1. The first kappa shape index (κ1) is 12.9. The Labute approximate surface area is 91.6 Å². The lowest BCUT2D eigenvalue weighted by Gasteiger charge is -2.41. The predicted octanol–water partition coefficient (Wildman–Crippen LogP) is -0.224. The minimum atomic E-state index is -3.13. The molecule has 1 heterocycles. The zero-order chi connectivity index (χ0) is 11.5. The first-order valence-corrected chi connectivity index (χ1v) is 7.07. The zero-order valence-corrected chi connectivity index (χ0v) is 10.2. The Kier molecular flexibility index (Phi) is 4.11. The fourth-order valence-electron chi connectivity index (χ4n) is 1.93. The molecule has 0 spiro atoms. The molecule has 0 bridgehead atoms. The SMILES string of the molecule is CCCC1(CN)CN(S(C)(=O)=O)CCO1. The first-order chi connectivity index (χ1) is 6.93. The second-order valence-corrected chi connectivity index (χ2v) is 6.06. The molecule has 0 aliphatic carbocycles. The number of hydrogen-bond acceptors (Lipinski definition) is 4. The van der Waals surface area contributed by atoms with Crippen molar-refractivity contribution in [3.8, 4) is 0 Å². The molecule has 90 valence electrons. The molecule has 5 nitrogen and oxygen atoms in total. The summed E-state index contributed by atoms with van der Waals surface area (Å²) in [6, 6.07) is 0. The van der Waals surface area contributed by atoms with Gasteiger partial charge in [0.05, 0.1) is 18.5 Å². The molecule has 0 saturated carbocycles. The molecule has 0 radical (unpaired) electrons. The van der Waals surface area contributed by atoms with Crippen LogP contribution in [0.25, 0.3) is 0 Å². The quantitative estimate of drug-likeness (QED) is 0.732. The average molecular weight is 236 g/mol. The second-order valence-electron chi connectivity index (χ2n) is 4.08. The van der Waals surface area contributed by atoms with Gasteiger partial charge in [-0.3, -0.25) is 0 Å². The van der Waals surface area contributed by atoms with Gasteiger partial charge in [0.25, 0.3) is 0 Å². The van der Waals surface area contributed by atoms with Crippen molar-refractivity contribution in [2.45, 2.75) is 25.4 Å². The third kappa shape index (κ3) is 3.14. The molecule has 1 atom stereocenters. The van der Waals surface area contributed by atoms with Crippen LogP contribution in [0.5, 0.6) is 0 Å². The van der Waals surface area contributed by atoms with Crippen molar-refractivity contribution in [2.24, 2.45) is 5.73 Å². The number of nitrogens with zero attached hydrogens (tertiary/aromatic N) is 1. The highest BCUT2D eigenvalue weighted by Crippen LogP contribution is 2.23. The molecule has 0 amide bonds. The van der Waals surface area contributed by atoms with Crippen LogP contribution in [0.15, 0.2) is 0 Å². The van der Waals surface area contributed by atoms with E-state index in [9.17, 15) is 8.42 Å². The summed E-state index contributed by atoms with van der Waals surface area (Å²) in [7, 11) is -3.13. The molecule has 2 N–H and O–H groups in total. The van der Waals surface area contributed by atoms with E-state index in [0.29, 0.717) is 26.2 Å². The smallest absolute Gasteiger partial charge is 0.211 e. The summed E-state index contributed by atoms with van der Waals surface area (Å²) in [6.45, 7) is 3.66. The molecular formula is C9H20N2O3S. The van der Waals surface area contributed by atoms with Crippen molar-refractivity contribution in [2.75, 3.05) is 32.5 Å². The summed E-state index contributed by atoms with van der Waals surface area (Å²) in [4.78, 5) is 0. The van der Waals surface area contributed by atoms with Crippen molar-refractivity contribution in [1.29, 1.82) is 0 Å². The minimum absolute atomic E-state index is 0.368. The Balaban J connectivity index is 2.77. The van der Waals surface area contributed by atoms with Crippen LogP contribution in [0.2, 0.25) is 0 Å². The summed E-state index contributed by atoms with van der Waals surface area (Å²) in [5.74, 6) is 0. The maximum atomic E-state index is 11.4. The summed E-state index contributed by atoms with van der Waals surface area (Å²) in [6.07, 6.45) is 2.97. The first-order valence-electron chi connectivity index (χ1n) is 5.23. The molecule has 6 heteroatoms. The van der Waals surface area contributed by atoms with Crippen LogP contribution in [-0.2, 0) is 14.8 Å². The molecule has 15 heavy (non-hydrogen) atoms. The number of morpholine rings is 1. The van der Waals surface area contributed by atoms with E-state index in [4.69, 9.17) is 10.5 Å². The van der Waals surface area contributed by atoms with Crippen molar-refractivity contribution >= 4 is 10.0 Å². The average Bonchev–Trinajstić information content (AvgIpc) is 2.17. The van der Waals surface area contributed by atoms with Gasteiger partial charge in [0.15, 0.2) is 0 Å². The van der Waals surface area contributed by atoms with E-state index in [1.165, 1.54) is 10.6 Å². The maximum absolute atomic E-state index is 11.4. The number of ether oxygens (including phenoxy) is 1. The lowest BCUT2D eigenvalue weighted by molar-refractivity contribution is -0.0877. The van der Waals surface area contributed by atoms with Gasteiger partial charge >= 0.3 is 0 Å². The molecule has 1 aliphatic rings. The van der Waals surface area contributed by atoms with Gasteiger partial charge in [-0.05, 0) is 6.42 Å². The molecule has 1 unspecified atom stereocenters. The van der Waals surface area contributed by atoms with Crippen LogP contribution in [0.3, 0.4) is 0 Å². The number of hydrogen-bond donors (Lipinski definition) is 1. The summed E-state index contributed by atoms with van der Waals surface area (Å²) >= 11 is 0. The standard InChI is InChI=1S/C9H20N2O3S/c1-3-4-9(7-10)8-11(5-6-14-9)15(2,12)13/h3-8,10H2,1-2H3. The van der Waals surface area contributed by atoms with Crippen molar-refractivity contribution in [3.63, 3.8) is 0 Å². The van der Waals surface area contributed by atoms with Gasteiger partial charge in [0, 0.05) is 19.6 Å². The van der Waals surface area contributed by atoms with E-state index in [1.54, 1.807) is 0 Å². The maximum Gasteiger partial charge on any atom is 0.211 e. The van der Waals surface area contributed by atoms with Crippen LogP contribution >= 0.6 is 0 Å². The summed E-state index contributed by atoms with van der Waals surface area (Å²) in [5, 5.41) is 0. The van der Waals surface area contributed by atoms with Gasteiger partial charge in [-0.2, -0.15) is 4.31 Å². The van der Waals surface area contributed by atoms with E-state index in [-0.39, 0.29) is 0 Å². The van der Waals surface area contributed by atoms with E-state index in [1.807, 2.05) is 6.92 Å². The fourth-order valence-corrected chi connectivity index (χ4v) is 2.80. The Hall–Kier alpha value is -0.170. The topological polar surface area (TPSA) is 72.6 Å². The fraction of sp³-hybridized carbons (Fsp3) is 1.00. The van der Waals surface area contributed by atoms with E-state index >= 15 is 0 Å². The van der Waals surface area contributed by atoms with Crippen LogP contribution < -0.4 is 5.73 Å². The molecule has 0 aromatic carbocycles. The zero-order valence-electron chi connectivity index (χ0n) is 9.40. The van der Waals surface area contributed by atoms with Gasteiger partial charge < -0.3 is 10.5 Å². The third-order valence-corrected chi connectivity index (χ3v) is 4.01. The lowest BCUT2D eigenvalue weighted by Crippen LogP contribution is -2.56. The van der Waals surface area contributed by atoms with E-state index in [0.717, 1.165) is 12.8 Å². The summed E-state index contributed by atoms with van der Waals surface area (Å²) in [5.41, 5.74) is 5.21. The Bertz CT molecular complexity index is 300. The minimum Gasteiger partial charge on any atom is -0.371 e. The Morgan fingerprint density at radius 2 is 2.20 bits per heavy atom. The Morgan fingerprint density at radius 3 is 2.67 bits per heavy atom. The molecular weight excluding hydrogens is 216 g/mol. The van der Waals surface area contributed by atoms with Gasteiger partial charge in [0.1, 0.15) is 0 Å². The van der Waals surface area contributed by atoms with Crippen LogP contribution in [0, 0.1) is 0 Å². The molecule has 1 aliphatic heterocycles. The monoisotopic (exact) mass is 236 g/mol. The highest BCUT2D eigenvalue weighted by Gasteiger charge is 2.37. The highest BCUT2D eigenvalue weighted by molar-refractivity contribution is 7.88. The molecule has 1 rings (SSSR count). The van der Waals surface area contributed by atoms with E-state index in [2.05, 4.69) is 0 Å². The lowest BCUT2D eigenvalue weighted by atomic mass is 9.97. The van der Waals surface area contributed by atoms with Crippen molar-refractivity contribution in [1.82, 2.24) is 4.31 Å². The van der Waals surface area contributed by atoms with Gasteiger partial charge in [0.2, 0.25) is 10.0 Å². The largest absolute Gasteiger partial charge is 0.371 e. The van der Waals surface area contributed by atoms with Gasteiger partial charge in [-0.15, -0.1) is 0 Å². The van der Waals surface area contributed by atoms with Gasteiger partial charge in [-0.25, -0.2) is 8.42 Å². The summed E-state index contributed by atoms with van der Waals surface area (Å²) < 4.78 is 30.0. The molecule has 1 saturated heterocycles. The van der Waals surface area contributed by atoms with Gasteiger partial charge in [-0.1, -0.05) is 13.3 Å². The normalized spacial score (nSPS) is 29.3. The highest BCUT2D eigenvalue weighted by atomic mass is 32.2. The molecule has 0 aromatic heterocycles. The van der Waals surface area contributed by atoms with Crippen molar-refractivity contribution in [3.05, 3.63) is 0 Å². The van der Waals surface area contributed by atoms with E-state index < -0.39 is 15.6 Å². The Morgan fingerprint density at radius 1 is 1.53 bits per heavy atom. The third-order valence-electron chi connectivity index (χ3n) is 2.76. The number of rotatable bonds is 4. The number of sulfonamides is 1.